The summed E-state index contributed by atoms with van der Waals surface area (Å²) in [6.07, 6.45) is 5.46. The van der Waals surface area contributed by atoms with Crippen LogP contribution in [0.15, 0.2) is 12.2 Å². The van der Waals surface area contributed by atoms with E-state index < -0.39 is 24.0 Å². The molecule has 132 valence electrons. The lowest BCUT2D eigenvalue weighted by Gasteiger charge is -2.21. The van der Waals surface area contributed by atoms with E-state index >= 15 is 0 Å². The van der Waals surface area contributed by atoms with E-state index in [4.69, 9.17) is 10.2 Å². The fraction of sp³-hybridized carbons (Fsp3) is 0.625. The third kappa shape index (κ3) is 4.12. The molecule has 8 nitrogen and oxygen atoms in total. The predicted molar refractivity (Wildman–Crippen MR) is 83.1 cm³/mol. The Morgan fingerprint density at radius 3 is 1.50 bits per heavy atom. The number of likely N-dealkylation sites (tertiary alicyclic amines) is 2. The van der Waals surface area contributed by atoms with E-state index in [0.29, 0.717) is 38.8 Å². The fourth-order valence-corrected chi connectivity index (χ4v) is 3.25. The summed E-state index contributed by atoms with van der Waals surface area (Å²) >= 11 is 0. The first-order valence-electron chi connectivity index (χ1n) is 8.11. The molecule has 0 bridgehead atoms. The highest BCUT2D eigenvalue weighted by molar-refractivity contribution is 5.86. The van der Waals surface area contributed by atoms with Gasteiger partial charge in [0, 0.05) is 25.9 Å². The zero-order valence-electron chi connectivity index (χ0n) is 13.4. The van der Waals surface area contributed by atoms with Crippen molar-refractivity contribution in [3.63, 3.8) is 0 Å². The number of aliphatic carboxylic acids is 2. The van der Waals surface area contributed by atoms with Gasteiger partial charge in [-0.15, -0.1) is 0 Å². The Morgan fingerprint density at radius 2 is 1.17 bits per heavy atom. The molecule has 2 aliphatic heterocycles. The number of hydrogen-bond acceptors (Lipinski definition) is 4. The van der Waals surface area contributed by atoms with Gasteiger partial charge in [0.15, 0.2) is 0 Å². The Morgan fingerprint density at radius 1 is 0.792 bits per heavy atom. The number of carbonyl (C=O) groups excluding carboxylic acids is 2. The van der Waals surface area contributed by atoms with Crippen molar-refractivity contribution in [2.45, 2.75) is 50.6 Å². The van der Waals surface area contributed by atoms with Crippen LogP contribution in [0.1, 0.15) is 38.5 Å². The third-order valence-electron chi connectivity index (χ3n) is 4.47. The normalized spacial score (nSPS) is 23.8. The van der Waals surface area contributed by atoms with Crippen LogP contribution in [-0.4, -0.2) is 68.9 Å². The maximum Gasteiger partial charge on any atom is 0.326 e. The maximum absolute atomic E-state index is 12.0. The maximum atomic E-state index is 12.0. The van der Waals surface area contributed by atoms with E-state index in [1.54, 1.807) is 12.2 Å². The second kappa shape index (κ2) is 7.94. The monoisotopic (exact) mass is 338 g/mol. The highest BCUT2D eigenvalue weighted by atomic mass is 16.4. The van der Waals surface area contributed by atoms with Gasteiger partial charge in [-0.25, -0.2) is 9.59 Å². The average Bonchev–Trinajstić information content (AvgIpc) is 3.19. The molecule has 8 heteroatoms. The summed E-state index contributed by atoms with van der Waals surface area (Å²) in [5.74, 6) is -2.52. The molecular formula is C16H22N2O6. The molecule has 0 saturated carbocycles. The predicted octanol–water partition coefficient (Wildman–Crippen LogP) is 0.474. The number of carboxylic acid groups (broad SMARTS) is 2. The fourth-order valence-electron chi connectivity index (χ4n) is 3.25. The molecule has 0 aliphatic carbocycles. The second-order valence-corrected chi connectivity index (χ2v) is 6.05. The van der Waals surface area contributed by atoms with Crippen LogP contribution in [0.5, 0.6) is 0 Å². The number of amides is 2. The van der Waals surface area contributed by atoms with Gasteiger partial charge in [-0.1, -0.05) is 12.2 Å². The lowest BCUT2D eigenvalue weighted by atomic mass is 10.2. The number of carbonyl (C=O) groups is 4. The van der Waals surface area contributed by atoms with Crippen molar-refractivity contribution < 1.29 is 29.4 Å². The largest absolute Gasteiger partial charge is 0.480 e. The van der Waals surface area contributed by atoms with Crippen LogP contribution in [0.25, 0.3) is 0 Å². The SMILES string of the molecule is O=C(O)[C@H]1CCCN1C(=O)CC=CCC(=O)N1CCC[C@@H]1C(=O)O. The molecular weight excluding hydrogens is 316 g/mol. The van der Waals surface area contributed by atoms with Gasteiger partial charge in [0.25, 0.3) is 0 Å². The molecule has 24 heavy (non-hydrogen) atoms. The van der Waals surface area contributed by atoms with Crippen LogP contribution >= 0.6 is 0 Å². The summed E-state index contributed by atoms with van der Waals surface area (Å²) < 4.78 is 0. The van der Waals surface area contributed by atoms with Gasteiger partial charge in [-0.05, 0) is 25.7 Å². The Kier molecular flexibility index (Phi) is 5.94. The van der Waals surface area contributed by atoms with E-state index in [0.717, 1.165) is 0 Å². The molecule has 0 spiro atoms. The van der Waals surface area contributed by atoms with E-state index in [-0.39, 0.29) is 24.7 Å². The summed E-state index contributed by atoms with van der Waals surface area (Å²) in [7, 11) is 0. The molecule has 0 aromatic heterocycles. The quantitative estimate of drug-likeness (QED) is 0.681. The van der Waals surface area contributed by atoms with Crippen LogP contribution in [0.2, 0.25) is 0 Å². The first-order chi connectivity index (χ1) is 11.4. The van der Waals surface area contributed by atoms with Crippen LogP contribution in [0, 0.1) is 0 Å². The molecule has 0 unspecified atom stereocenters. The van der Waals surface area contributed by atoms with E-state index in [1.165, 1.54) is 9.80 Å². The van der Waals surface area contributed by atoms with E-state index in [2.05, 4.69) is 0 Å². The Balaban J connectivity index is 1.80. The Labute approximate surface area is 139 Å². The summed E-state index contributed by atoms with van der Waals surface area (Å²) in [6, 6.07) is -1.51. The molecule has 0 aromatic carbocycles. The molecule has 2 N–H and O–H groups in total. The highest BCUT2D eigenvalue weighted by Gasteiger charge is 2.34. The van der Waals surface area contributed by atoms with Crippen molar-refractivity contribution in [1.82, 2.24) is 9.80 Å². The van der Waals surface area contributed by atoms with Gasteiger partial charge >= 0.3 is 11.9 Å². The molecule has 2 fully saturated rings. The van der Waals surface area contributed by atoms with Gasteiger partial charge in [-0.2, -0.15) is 0 Å². The summed E-state index contributed by atoms with van der Waals surface area (Å²) in [4.78, 5) is 48.9. The van der Waals surface area contributed by atoms with Crippen molar-refractivity contribution in [1.29, 1.82) is 0 Å². The van der Waals surface area contributed by atoms with Crippen molar-refractivity contribution in [2.24, 2.45) is 0 Å². The molecule has 2 rings (SSSR count). The molecule has 0 radical (unpaired) electrons. The molecule has 2 saturated heterocycles. The topological polar surface area (TPSA) is 115 Å². The zero-order chi connectivity index (χ0) is 17.7. The van der Waals surface area contributed by atoms with Crippen molar-refractivity contribution >= 4 is 23.8 Å². The summed E-state index contributed by atoms with van der Waals surface area (Å²) in [6.45, 7) is 0.882. The minimum Gasteiger partial charge on any atom is -0.480 e. The number of carboxylic acids is 2. The van der Waals surface area contributed by atoms with Crippen LogP contribution < -0.4 is 0 Å². The first kappa shape index (κ1) is 18.0. The average molecular weight is 338 g/mol. The standard InChI is InChI=1S/C16H22N2O6/c19-13(17-9-3-5-11(17)15(21)22)7-1-2-8-14(20)18-10-4-6-12(18)16(23)24/h1-2,11-12H,3-10H2,(H,21,22)(H,23,24)/t11-,12-/m1/s1. The van der Waals surface area contributed by atoms with Crippen molar-refractivity contribution in [2.75, 3.05) is 13.1 Å². The third-order valence-corrected chi connectivity index (χ3v) is 4.47. The van der Waals surface area contributed by atoms with Gasteiger partial charge in [0.05, 0.1) is 0 Å². The lowest BCUT2D eigenvalue weighted by molar-refractivity contribution is -0.148. The number of hydrogen-bond donors (Lipinski definition) is 2. The molecule has 2 amide bonds. The van der Waals surface area contributed by atoms with E-state index in [1.807, 2.05) is 0 Å². The molecule has 2 aliphatic rings. The Hall–Kier alpha value is -2.38. The van der Waals surface area contributed by atoms with Crippen LogP contribution in [0.4, 0.5) is 0 Å². The van der Waals surface area contributed by atoms with Gasteiger partial charge in [0.2, 0.25) is 11.8 Å². The Bertz CT molecular complexity index is 511. The highest BCUT2D eigenvalue weighted by Crippen LogP contribution is 2.20. The summed E-state index contributed by atoms with van der Waals surface area (Å²) in [5, 5.41) is 18.1. The van der Waals surface area contributed by atoms with Gasteiger partial charge in [0.1, 0.15) is 12.1 Å². The van der Waals surface area contributed by atoms with Crippen LogP contribution in [-0.2, 0) is 19.2 Å². The summed E-state index contributed by atoms with van der Waals surface area (Å²) in [5.41, 5.74) is 0. The minimum atomic E-state index is -0.992. The van der Waals surface area contributed by atoms with Gasteiger partial charge < -0.3 is 20.0 Å². The number of rotatable bonds is 6. The zero-order valence-corrected chi connectivity index (χ0v) is 13.4. The number of nitrogens with zero attached hydrogens (tertiary/aromatic N) is 2. The van der Waals surface area contributed by atoms with E-state index in [9.17, 15) is 19.2 Å². The van der Waals surface area contributed by atoms with Crippen molar-refractivity contribution in [3.05, 3.63) is 12.2 Å². The second-order valence-electron chi connectivity index (χ2n) is 6.05. The lowest BCUT2D eigenvalue weighted by Crippen LogP contribution is -2.40. The smallest absolute Gasteiger partial charge is 0.326 e. The minimum absolute atomic E-state index is 0.0411. The van der Waals surface area contributed by atoms with Crippen molar-refractivity contribution in [3.8, 4) is 0 Å². The molecule has 0 aromatic rings. The molecule has 2 heterocycles. The first-order valence-corrected chi connectivity index (χ1v) is 8.11. The molecule has 2 atom stereocenters. The van der Waals surface area contributed by atoms with Crippen LogP contribution in [0.3, 0.4) is 0 Å². The van der Waals surface area contributed by atoms with Gasteiger partial charge in [-0.3, -0.25) is 9.59 Å².